The van der Waals surface area contributed by atoms with E-state index in [9.17, 15) is 25.3 Å². The molecule has 0 aliphatic heterocycles. The lowest BCUT2D eigenvalue weighted by Crippen LogP contribution is -2.22. The summed E-state index contributed by atoms with van der Waals surface area (Å²) < 4.78 is 50.1. The minimum atomic E-state index is -1.25. The second-order valence-corrected chi connectivity index (χ2v) is 51.7. The van der Waals surface area contributed by atoms with Crippen molar-refractivity contribution >= 4 is 146 Å². The standard InChI is InChI=1S/C27H39Cl2N3O6Si2.C20H34Cl2N2O4Si2.C15H11Cl2N3O4/c1-39(2,3)13-11-35-18-31-24(17-37-19-36-12-14-40(4,5)6)30-22-15-23(25(28)26(29)27(22)31)38-16-20-7-9-21(10-8-20)32(33)34;1-29(2,3)9-7-26-13-24-17(12-28-14-27-8-10-30(4,5)6)23-15-11-16(25)18(21)19(22)20(15)24;16-13-11(5-10-15(14(13)17)19-12(6-21)18-10)24-7-8-1-3-9(4-2-8)20(22)23/h7-10,15H,11-14,16-19H2,1-6H3;11,25H,7-10,12-14H2,1-6H3;1-5,21H,6-7H2,(H,18,19). The molecule has 8 rings (SSSR count). The number of phenols is 1. The Labute approximate surface area is 581 Å². The normalized spacial score (nSPS) is 12.1. The number of nitrogens with one attached hydrogen (secondary N) is 1. The Hall–Kier alpha value is -4.96. The highest BCUT2D eigenvalue weighted by Crippen LogP contribution is 2.42. The van der Waals surface area contributed by atoms with E-state index in [-0.39, 0.29) is 102 Å². The number of aromatic hydroxyl groups is 1. The quantitative estimate of drug-likeness (QED) is 0.0113. The minimum absolute atomic E-state index is 0.00948. The minimum Gasteiger partial charge on any atom is -0.506 e. The molecular weight excluding hydrogens is 1410 g/mol. The first-order chi connectivity index (χ1) is 44.1. The monoisotopic (exact) mass is 1490 g/mol. The molecule has 0 aliphatic rings. The van der Waals surface area contributed by atoms with Crippen molar-refractivity contribution in [3.8, 4) is 17.2 Å². The number of H-pyrrole nitrogens is 1. The molecule has 0 amide bonds. The molecular formula is C62H84Cl6N8O14Si4. The van der Waals surface area contributed by atoms with E-state index in [4.69, 9.17) is 118 Å². The van der Waals surface area contributed by atoms with E-state index < -0.39 is 42.1 Å². The highest BCUT2D eigenvalue weighted by molar-refractivity contribution is 6.77. The molecule has 0 spiro atoms. The molecule has 514 valence electrons. The van der Waals surface area contributed by atoms with Crippen molar-refractivity contribution in [2.24, 2.45) is 0 Å². The number of ether oxygens (including phenoxy) is 8. The van der Waals surface area contributed by atoms with Crippen LogP contribution in [0.3, 0.4) is 0 Å². The molecule has 0 saturated heterocycles. The van der Waals surface area contributed by atoms with Crippen molar-refractivity contribution in [1.82, 2.24) is 29.1 Å². The number of aliphatic hydroxyl groups excluding tert-OH is 1. The van der Waals surface area contributed by atoms with Crippen LogP contribution in [-0.2, 0) is 74.9 Å². The van der Waals surface area contributed by atoms with Crippen LogP contribution in [0.25, 0.3) is 33.1 Å². The van der Waals surface area contributed by atoms with Gasteiger partial charge in [0, 0.05) is 101 Å². The van der Waals surface area contributed by atoms with Crippen LogP contribution >= 0.6 is 69.6 Å². The largest absolute Gasteiger partial charge is 0.506 e. The van der Waals surface area contributed by atoms with Gasteiger partial charge in [-0.15, -0.1) is 0 Å². The molecule has 3 heterocycles. The Bertz CT molecular complexity index is 3820. The topological polar surface area (TPSA) is 265 Å². The first-order valence-corrected chi connectivity index (χ1v) is 47.3. The van der Waals surface area contributed by atoms with Gasteiger partial charge in [0.1, 0.15) is 115 Å². The van der Waals surface area contributed by atoms with Crippen molar-refractivity contribution in [3.63, 3.8) is 0 Å². The van der Waals surface area contributed by atoms with Gasteiger partial charge >= 0.3 is 0 Å². The molecule has 0 saturated carbocycles. The average Bonchev–Trinajstić information content (AvgIpc) is 1.62. The fourth-order valence-corrected chi connectivity index (χ4v) is 12.9. The number of aromatic nitrogens is 6. The fraction of sp³-hybridized carbons (Fsp3) is 0.468. The van der Waals surface area contributed by atoms with Crippen LogP contribution in [0.15, 0.2) is 66.7 Å². The van der Waals surface area contributed by atoms with Crippen molar-refractivity contribution in [3.05, 3.63) is 146 Å². The number of nitrogens with zero attached hydrogens (tertiary/aromatic N) is 7. The summed E-state index contributed by atoms with van der Waals surface area (Å²) in [5.74, 6) is 2.28. The zero-order valence-electron chi connectivity index (χ0n) is 55.1. The number of aromatic amines is 1. The van der Waals surface area contributed by atoms with E-state index in [0.717, 1.165) is 35.3 Å². The fourth-order valence-electron chi connectivity index (χ4n) is 8.49. The highest BCUT2D eigenvalue weighted by Gasteiger charge is 2.24. The zero-order valence-corrected chi connectivity index (χ0v) is 63.6. The van der Waals surface area contributed by atoms with Gasteiger partial charge in [0.05, 0.1) is 52.5 Å². The summed E-state index contributed by atoms with van der Waals surface area (Å²) in [6.07, 6.45) is 0. The maximum absolute atomic E-state index is 10.9. The molecule has 32 heteroatoms. The second kappa shape index (κ2) is 35.5. The number of halogens is 6. The Morgan fingerprint density at radius 2 is 0.872 bits per heavy atom. The van der Waals surface area contributed by atoms with Crippen molar-refractivity contribution in [1.29, 1.82) is 0 Å². The number of nitro groups is 2. The third kappa shape index (κ3) is 24.2. The van der Waals surface area contributed by atoms with E-state index >= 15 is 0 Å². The number of nitro benzene ring substituents is 2. The summed E-state index contributed by atoms with van der Waals surface area (Å²) >= 11 is 38.3. The summed E-state index contributed by atoms with van der Waals surface area (Å²) in [5, 5.41) is 42.0. The summed E-state index contributed by atoms with van der Waals surface area (Å²) in [6, 6.07) is 21.3. The summed E-state index contributed by atoms with van der Waals surface area (Å²) in [4.78, 5) is 37.0. The smallest absolute Gasteiger partial charge is 0.269 e. The van der Waals surface area contributed by atoms with Crippen LogP contribution in [0.2, 0.25) is 133 Å². The van der Waals surface area contributed by atoms with E-state index in [1.807, 2.05) is 9.13 Å². The van der Waals surface area contributed by atoms with E-state index in [0.29, 0.717) is 93.5 Å². The third-order valence-electron chi connectivity index (χ3n) is 14.1. The van der Waals surface area contributed by atoms with Crippen molar-refractivity contribution in [2.45, 2.75) is 149 Å². The van der Waals surface area contributed by atoms with Crippen LogP contribution < -0.4 is 9.47 Å². The molecule has 3 N–H and O–H groups in total. The number of phenolic OH excluding ortho intramolecular Hbond substituents is 1. The molecule has 5 aromatic carbocycles. The van der Waals surface area contributed by atoms with Gasteiger partial charge < -0.3 is 62.2 Å². The maximum atomic E-state index is 10.9. The molecule has 0 aliphatic carbocycles. The van der Waals surface area contributed by atoms with Gasteiger partial charge in [-0.3, -0.25) is 20.2 Å². The van der Waals surface area contributed by atoms with Gasteiger partial charge in [0.15, 0.2) is 0 Å². The first-order valence-electron chi connectivity index (χ1n) is 30.2. The van der Waals surface area contributed by atoms with Gasteiger partial charge in [-0.1, -0.05) is 148 Å². The number of hydrogen-bond donors (Lipinski definition) is 3. The predicted molar refractivity (Wildman–Crippen MR) is 384 cm³/mol. The lowest BCUT2D eigenvalue weighted by molar-refractivity contribution is -0.385. The van der Waals surface area contributed by atoms with Gasteiger partial charge in [-0.2, -0.15) is 0 Å². The molecule has 0 atom stereocenters. The third-order valence-corrected chi connectivity index (χ3v) is 23.4. The molecule has 0 bridgehead atoms. The van der Waals surface area contributed by atoms with Gasteiger partial charge in [-0.05, 0) is 59.6 Å². The number of hydrogen-bond acceptors (Lipinski definition) is 17. The van der Waals surface area contributed by atoms with Gasteiger partial charge in [-0.25, -0.2) is 15.0 Å². The van der Waals surface area contributed by atoms with Crippen molar-refractivity contribution in [2.75, 3.05) is 40.0 Å². The van der Waals surface area contributed by atoms with Crippen LogP contribution in [0, 0.1) is 20.2 Å². The Morgan fingerprint density at radius 3 is 1.28 bits per heavy atom. The SMILES string of the molecule is C[Si](C)(C)CCOCOCc1nc2cc(O)c(Cl)c(Cl)c2n1COCC[Si](C)(C)C.C[Si](C)(C)CCOCOCc1nc2cc(OCc3ccc([N+](=O)[O-])cc3)c(Cl)c(Cl)c2n1COCC[Si](C)(C)C.O=[N+]([O-])c1ccc(COc2cc3[nH]c(CO)nc3c(Cl)c2Cl)cc1. The lowest BCUT2D eigenvalue weighted by Gasteiger charge is -2.17. The number of benzene rings is 5. The van der Waals surface area contributed by atoms with E-state index in [1.54, 1.807) is 36.4 Å². The molecule has 0 fully saturated rings. The molecule has 3 aromatic heterocycles. The molecule has 8 aromatic rings. The zero-order chi connectivity index (χ0) is 69.3. The van der Waals surface area contributed by atoms with Crippen LogP contribution in [0.5, 0.6) is 17.2 Å². The maximum Gasteiger partial charge on any atom is 0.269 e. The average molecular weight is 1490 g/mol. The number of imidazole rings is 3. The molecule has 94 heavy (non-hydrogen) atoms. The molecule has 0 radical (unpaired) electrons. The Kier molecular flexibility index (Phi) is 29.5. The molecule has 0 unspecified atom stereocenters. The number of fused-ring (bicyclic) bond motifs is 3. The van der Waals surface area contributed by atoms with E-state index in [2.05, 4.69) is 93.5 Å². The van der Waals surface area contributed by atoms with Gasteiger partial charge in [0.2, 0.25) is 0 Å². The Balaban J connectivity index is 0.000000231. The first kappa shape index (κ1) is 78.0. The predicted octanol–water partition coefficient (Wildman–Crippen LogP) is 18.0. The summed E-state index contributed by atoms with van der Waals surface area (Å²) in [7, 11) is -4.74. The number of aliphatic hydroxyl groups is 1. The van der Waals surface area contributed by atoms with E-state index in [1.165, 1.54) is 30.3 Å². The highest BCUT2D eigenvalue weighted by atomic mass is 35.5. The lowest BCUT2D eigenvalue weighted by atomic mass is 10.2. The summed E-state index contributed by atoms with van der Waals surface area (Å²) in [5.41, 5.74) is 4.98. The summed E-state index contributed by atoms with van der Waals surface area (Å²) in [6.45, 7) is 31.8. The van der Waals surface area contributed by atoms with Crippen molar-refractivity contribution < 1.29 is 58.0 Å². The molecule has 22 nitrogen and oxygen atoms in total. The van der Waals surface area contributed by atoms with Crippen LogP contribution in [-0.4, -0.2) is 121 Å². The second-order valence-electron chi connectivity index (χ2n) is 26.9. The number of non-ortho nitro benzene ring substituents is 2. The van der Waals surface area contributed by atoms with Crippen LogP contribution in [0.1, 0.15) is 28.6 Å². The Morgan fingerprint density at radius 1 is 0.489 bits per heavy atom. The van der Waals surface area contributed by atoms with Gasteiger partial charge in [0.25, 0.3) is 11.4 Å². The van der Waals surface area contributed by atoms with Crippen LogP contribution in [0.4, 0.5) is 11.4 Å². The number of rotatable bonds is 33.